The maximum Gasteiger partial charge on any atom is 0.319 e. The second-order valence-corrected chi connectivity index (χ2v) is 7.30. The largest absolute Gasteiger partial charge is 0.497 e. The molecule has 0 aliphatic heterocycles. The summed E-state index contributed by atoms with van der Waals surface area (Å²) in [6.45, 7) is 0. The van der Waals surface area contributed by atoms with Gasteiger partial charge in [-0.3, -0.25) is 4.79 Å². The predicted octanol–water partition coefficient (Wildman–Crippen LogP) is 4.55. The summed E-state index contributed by atoms with van der Waals surface area (Å²) in [7, 11) is 1.58. The lowest BCUT2D eigenvalue weighted by atomic mass is 10.0. The van der Waals surface area contributed by atoms with Crippen LogP contribution in [0.25, 0.3) is 10.9 Å². The van der Waals surface area contributed by atoms with Crippen molar-refractivity contribution in [3.63, 3.8) is 0 Å². The normalized spacial score (nSPS) is 11.5. The van der Waals surface area contributed by atoms with E-state index in [0.29, 0.717) is 23.5 Å². The van der Waals surface area contributed by atoms with Gasteiger partial charge in [-0.2, -0.15) is 0 Å². The molecule has 1 unspecified atom stereocenters. The van der Waals surface area contributed by atoms with Crippen molar-refractivity contribution in [1.29, 1.82) is 0 Å². The first-order valence-electron chi connectivity index (χ1n) is 10.2. The number of amides is 3. The van der Waals surface area contributed by atoms with E-state index in [0.717, 1.165) is 16.5 Å². The van der Waals surface area contributed by atoms with Gasteiger partial charge in [0.05, 0.1) is 7.11 Å². The van der Waals surface area contributed by atoms with Crippen LogP contribution in [-0.4, -0.2) is 30.1 Å². The number of hydrogen-bond donors (Lipinski definition) is 4. The molecule has 0 aliphatic rings. The van der Waals surface area contributed by atoms with E-state index in [2.05, 4.69) is 20.9 Å². The smallest absolute Gasteiger partial charge is 0.319 e. The van der Waals surface area contributed by atoms with E-state index in [1.54, 1.807) is 43.5 Å². The van der Waals surface area contributed by atoms with Crippen LogP contribution in [0.2, 0.25) is 0 Å². The zero-order valence-corrected chi connectivity index (χ0v) is 17.6. The standard InChI is InChI=1S/C25H24N4O3/c1-32-20-13-11-19(12-14-20)27-24(30)23(29-25(31)28-18-7-3-2-4-8-18)15-17-16-26-22-10-6-5-9-21(17)22/h2-14,16,23,26H,15H2,1H3,(H,27,30)(H2,28,29,31). The Morgan fingerprint density at radius 1 is 0.875 bits per heavy atom. The Bertz CT molecular complexity index is 1200. The van der Waals surface area contributed by atoms with E-state index in [1.165, 1.54) is 0 Å². The fourth-order valence-electron chi connectivity index (χ4n) is 3.48. The summed E-state index contributed by atoms with van der Waals surface area (Å²) in [5.41, 5.74) is 3.18. The molecule has 162 valence electrons. The van der Waals surface area contributed by atoms with Gasteiger partial charge in [-0.05, 0) is 48.0 Å². The van der Waals surface area contributed by atoms with Crippen molar-refractivity contribution in [3.05, 3.63) is 90.6 Å². The van der Waals surface area contributed by atoms with Crippen molar-refractivity contribution in [2.45, 2.75) is 12.5 Å². The fourth-order valence-corrected chi connectivity index (χ4v) is 3.48. The highest BCUT2D eigenvalue weighted by atomic mass is 16.5. The first-order valence-corrected chi connectivity index (χ1v) is 10.2. The first-order chi connectivity index (χ1) is 15.6. The Morgan fingerprint density at radius 3 is 2.31 bits per heavy atom. The van der Waals surface area contributed by atoms with Gasteiger partial charge in [-0.25, -0.2) is 4.79 Å². The minimum absolute atomic E-state index is 0.316. The number of carbonyl (C=O) groups excluding carboxylic acids is 2. The van der Waals surface area contributed by atoms with Crippen molar-refractivity contribution in [3.8, 4) is 5.75 Å². The molecule has 3 amide bonds. The Hall–Kier alpha value is -4.26. The second kappa shape index (κ2) is 9.70. The number of benzene rings is 3. The van der Waals surface area contributed by atoms with E-state index < -0.39 is 12.1 Å². The minimum Gasteiger partial charge on any atom is -0.497 e. The molecule has 0 fully saturated rings. The van der Waals surface area contributed by atoms with Crippen LogP contribution in [0.15, 0.2) is 85.1 Å². The molecular formula is C25H24N4O3. The number of anilines is 2. The van der Waals surface area contributed by atoms with Gasteiger partial charge in [-0.15, -0.1) is 0 Å². The lowest BCUT2D eigenvalue weighted by Gasteiger charge is -2.19. The molecule has 4 rings (SSSR count). The number of H-pyrrole nitrogens is 1. The molecule has 4 aromatic rings. The number of carbonyl (C=O) groups is 2. The molecule has 0 radical (unpaired) electrons. The van der Waals surface area contributed by atoms with E-state index >= 15 is 0 Å². The van der Waals surface area contributed by atoms with Crippen molar-refractivity contribution in [1.82, 2.24) is 10.3 Å². The number of ether oxygens (including phenoxy) is 1. The van der Waals surface area contributed by atoms with Crippen LogP contribution in [0.5, 0.6) is 5.75 Å². The van der Waals surface area contributed by atoms with E-state index in [9.17, 15) is 9.59 Å². The maximum atomic E-state index is 13.1. The van der Waals surface area contributed by atoms with Crippen LogP contribution in [0, 0.1) is 0 Å². The fraction of sp³-hybridized carbons (Fsp3) is 0.120. The number of hydrogen-bond acceptors (Lipinski definition) is 3. The number of methoxy groups -OCH3 is 1. The zero-order valence-electron chi connectivity index (χ0n) is 17.6. The van der Waals surface area contributed by atoms with E-state index in [4.69, 9.17) is 4.74 Å². The number of aromatic amines is 1. The minimum atomic E-state index is -0.792. The van der Waals surface area contributed by atoms with Gasteiger partial charge in [0.15, 0.2) is 0 Å². The van der Waals surface area contributed by atoms with Gasteiger partial charge in [0.2, 0.25) is 5.91 Å². The molecule has 1 aromatic heterocycles. The van der Waals surface area contributed by atoms with E-state index in [-0.39, 0.29) is 5.91 Å². The summed E-state index contributed by atoms with van der Waals surface area (Å²) in [6, 6.07) is 22.7. The molecular weight excluding hydrogens is 404 g/mol. The molecule has 32 heavy (non-hydrogen) atoms. The Morgan fingerprint density at radius 2 is 1.56 bits per heavy atom. The third-order valence-electron chi connectivity index (χ3n) is 5.11. The van der Waals surface area contributed by atoms with Gasteiger partial charge < -0.3 is 25.7 Å². The molecule has 7 nitrogen and oxygen atoms in total. The SMILES string of the molecule is COc1ccc(NC(=O)C(Cc2c[nH]c3ccccc23)NC(=O)Nc2ccccc2)cc1. The summed E-state index contributed by atoms with van der Waals surface area (Å²) in [4.78, 5) is 29.0. The third-order valence-corrected chi connectivity index (χ3v) is 5.11. The Balaban J connectivity index is 1.53. The van der Waals surface area contributed by atoms with Crippen LogP contribution >= 0.6 is 0 Å². The van der Waals surface area contributed by atoms with Crippen molar-refractivity contribution >= 4 is 34.2 Å². The van der Waals surface area contributed by atoms with Crippen molar-refractivity contribution in [2.24, 2.45) is 0 Å². The third kappa shape index (κ3) is 5.07. The van der Waals surface area contributed by atoms with Crippen LogP contribution < -0.4 is 20.7 Å². The summed E-state index contributed by atoms with van der Waals surface area (Å²) in [5, 5.41) is 9.47. The summed E-state index contributed by atoms with van der Waals surface area (Å²) < 4.78 is 5.16. The monoisotopic (exact) mass is 428 g/mol. The molecule has 0 saturated carbocycles. The molecule has 7 heteroatoms. The number of urea groups is 1. The van der Waals surface area contributed by atoms with Gasteiger partial charge in [0.25, 0.3) is 0 Å². The molecule has 1 heterocycles. The summed E-state index contributed by atoms with van der Waals surface area (Å²) in [6.07, 6.45) is 2.20. The number of para-hydroxylation sites is 2. The number of aromatic nitrogens is 1. The number of fused-ring (bicyclic) bond motifs is 1. The van der Waals surface area contributed by atoms with Gasteiger partial charge in [-0.1, -0.05) is 36.4 Å². The van der Waals surface area contributed by atoms with Gasteiger partial charge >= 0.3 is 6.03 Å². The summed E-state index contributed by atoms with van der Waals surface area (Å²) >= 11 is 0. The van der Waals surface area contributed by atoms with Crippen molar-refractivity contribution < 1.29 is 14.3 Å². The molecule has 3 aromatic carbocycles. The predicted molar refractivity (Wildman–Crippen MR) is 126 cm³/mol. The molecule has 0 aliphatic carbocycles. The van der Waals surface area contributed by atoms with Gasteiger partial charge in [0.1, 0.15) is 11.8 Å². The topological polar surface area (TPSA) is 95.2 Å². The highest BCUT2D eigenvalue weighted by Crippen LogP contribution is 2.20. The second-order valence-electron chi connectivity index (χ2n) is 7.30. The zero-order chi connectivity index (χ0) is 22.3. The average Bonchev–Trinajstić information content (AvgIpc) is 3.22. The lowest BCUT2D eigenvalue weighted by molar-refractivity contribution is -0.117. The number of rotatable bonds is 7. The Labute approximate surface area is 185 Å². The van der Waals surface area contributed by atoms with Crippen LogP contribution in [0.3, 0.4) is 0 Å². The van der Waals surface area contributed by atoms with Crippen LogP contribution in [-0.2, 0) is 11.2 Å². The quantitative estimate of drug-likeness (QED) is 0.348. The maximum absolute atomic E-state index is 13.1. The molecule has 1 atom stereocenters. The molecule has 0 saturated heterocycles. The number of nitrogens with one attached hydrogen (secondary N) is 4. The highest BCUT2D eigenvalue weighted by molar-refractivity contribution is 5.99. The molecule has 0 spiro atoms. The van der Waals surface area contributed by atoms with Crippen molar-refractivity contribution in [2.75, 3.05) is 17.7 Å². The summed E-state index contributed by atoms with van der Waals surface area (Å²) in [5.74, 6) is 0.377. The van der Waals surface area contributed by atoms with Crippen LogP contribution in [0.4, 0.5) is 16.2 Å². The van der Waals surface area contributed by atoms with Gasteiger partial charge in [0, 0.05) is 34.9 Å². The average molecular weight is 428 g/mol. The molecule has 0 bridgehead atoms. The Kier molecular flexibility index (Phi) is 6.36. The highest BCUT2D eigenvalue weighted by Gasteiger charge is 2.23. The lowest BCUT2D eigenvalue weighted by Crippen LogP contribution is -2.46. The van der Waals surface area contributed by atoms with Crippen LogP contribution in [0.1, 0.15) is 5.56 Å². The first kappa shape index (κ1) is 21.0. The van der Waals surface area contributed by atoms with E-state index in [1.807, 2.05) is 48.7 Å². The molecule has 4 N–H and O–H groups in total.